The Morgan fingerprint density at radius 3 is 2.26 bits per heavy atom. The predicted octanol–water partition coefficient (Wildman–Crippen LogP) is 2.44. The molecule has 2 heterocycles. The minimum absolute atomic E-state index is 0.0234. The summed E-state index contributed by atoms with van der Waals surface area (Å²) in [5.74, 6) is -2.11. The third kappa shape index (κ3) is 4.50. The van der Waals surface area contributed by atoms with Crippen molar-refractivity contribution in [1.29, 1.82) is 0 Å². The number of nitrogens with zero attached hydrogens (tertiary/aromatic N) is 7. The minimum atomic E-state index is -1.20. The molecular formula is C20H21N7O8. The topological polar surface area (TPSA) is 178 Å². The van der Waals surface area contributed by atoms with Crippen molar-refractivity contribution in [3.63, 3.8) is 0 Å². The van der Waals surface area contributed by atoms with Gasteiger partial charge in [0.2, 0.25) is 11.4 Å². The van der Waals surface area contributed by atoms with Crippen molar-refractivity contribution >= 4 is 28.9 Å². The largest absolute Gasteiger partial charge is 0.497 e. The lowest BCUT2D eigenvalue weighted by Crippen LogP contribution is -2.39. The molecule has 0 atom stereocenters. The van der Waals surface area contributed by atoms with Gasteiger partial charge in [-0.05, 0) is 26.0 Å². The monoisotopic (exact) mass is 487 g/mol. The molecule has 2 amide bonds. The van der Waals surface area contributed by atoms with Gasteiger partial charge in [-0.15, -0.1) is 0 Å². The lowest BCUT2D eigenvalue weighted by atomic mass is 10.2. The molecule has 0 bridgehead atoms. The van der Waals surface area contributed by atoms with Crippen LogP contribution >= 0.6 is 0 Å². The zero-order valence-electron chi connectivity index (χ0n) is 19.2. The quantitative estimate of drug-likeness (QED) is 0.247. The van der Waals surface area contributed by atoms with Gasteiger partial charge in [0.1, 0.15) is 23.9 Å². The number of carbonyl (C=O) groups excluding carboxylic acids is 2. The van der Waals surface area contributed by atoms with Crippen molar-refractivity contribution < 1.29 is 28.9 Å². The first kappa shape index (κ1) is 24.8. The summed E-state index contributed by atoms with van der Waals surface area (Å²) in [6.07, 6.45) is 1.94. The third-order valence-corrected chi connectivity index (χ3v) is 5.02. The number of benzene rings is 1. The molecule has 0 aliphatic rings. The molecule has 3 aromatic rings. The van der Waals surface area contributed by atoms with E-state index in [2.05, 4.69) is 10.2 Å². The summed E-state index contributed by atoms with van der Waals surface area (Å²) < 4.78 is 12.7. The van der Waals surface area contributed by atoms with Gasteiger partial charge in [-0.3, -0.25) is 39.2 Å². The highest BCUT2D eigenvalue weighted by Crippen LogP contribution is 2.36. The lowest BCUT2D eigenvalue weighted by molar-refractivity contribution is -0.385. The van der Waals surface area contributed by atoms with Crippen LogP contribution in [0, 0.1) is 20.2 Å². The van der Waals surface area contributed by atoms with Gasteiger partial charge in [-0.25, -0.2) is 4.90 Å². The van der Waals surface area contributed by atoms with E-state index in [0.717, 1.165) is 21.8 Å². The molecule has 0 unspecified atom stereocenters. The average molecular weight is 487 g/mol. The Bertz CT molecular complexity index is 1310. The van der Waals surface area contributed by atoms with Crippen LogP contribution in [-0.4, -0.2) is 55.4 Å². The summed E-state index contributed by atoms with van der Waals surface area (Å²) in [4.78, 5) is 49.7. The van der Waals surface area contributed by atoms with Crippen LogP contribution in [0.4, 0.5) is 17.1 Å². The van der Waals surface area contributed by atoms with Crippen LogP contribution in [0.25, 0.3) is 0 Å². The van der Waals surface area contributed by atoms with Gasteiger partial charge in [0.15, 0.2) is 0 Å². The first-order valence-electron chi connectivity index (χ1n) is 10.2. The molecule has 0 saturated heterocycles. The van der Waals surface area contributed by atoms with Gasteiger partial charge in [0, 0.05) is 19.2 Å². The second-order valence-corrected chi connectivity index (χ2v) is 6.91. The Balaban J connectivity index is 2.33. The molecule has 0 spiro atoms. The molecule has 15 heteroatoms. The number of imide groups is 1. The highest BCUT2D eigenvalue weighted by atomic mass is 16.6. The van der Waals surface area contributed by atoms with Crippen molar-refractivity contribution in [2.45, 2.75) is 26.9 Å². The van der Waals surface area contributed by atoms with Crippen LogP contribution in [0.3, 0.4) is 0 Å². The van der Waals surface area contributed by atoms with Crippen LogP contribution in [0.1, 0.15) is 34.8 Å². The third-order valence-electron chi connectivity index (χ3n) is 5.02. The summed E-state index contributed by atoms with van der Waals surface area (Å²) in [6, 6.07) is 4.20. The molecule has 2 aromatic heterocycles. The summed E-state index contributed by atoms with van der Waals surface area (Å²) in [5, 5.41) is 31.1. The van der Waals surface area contributed by atoms with Crippen molar-refractivity contribution in [2.24, 2.45) is 0 Å². The fourth-order valence-electron chi connectivity index (χ4n) is 3.32. The summed E-state index contributed by atoms with van der Waals surface area (Å²) >= 11 is 0. The molecule has 35 heavy (non-hydrogen) atoms. The van der Waals surface area contributed by atoms with Gasteiger partial charge < -0.3 is 9.47 Å². The highest BCUT2D eigenvalue weighted by Gasteiger charge is 2.39. The predicted molar refractivity (Wildman–Crippen MR) is 120 cm³/mol. The van der Waals surface area contributed by atoms with E-state index >= 15 is 0 Å². The van der Waals surface area contributed by atoms with Gasteiger partial charge in [0.25, 0.3) is 11.8 Å². The standard InChI is InChI=1S/C20H21N7O8/c1-5-23-11-15(27(32)33)17(22-23)19(28)25(13-9-12(34-3)7-8-16(13)35-4)20(29)18-14(26(30)31)10-21-24(18)6-2/h7-11H,5-6H2,1-4H3. The van der Waals surface area contributed by atoms with Crippen molar-refractivity contribution in [1.82, 2.24) is 19.6 Å². The first-order valence-corrected chi connectivity index (χ1v) is 10.2. The average Bonchev–Trinajstić information content (AvgIpc) is 3.48. The molecule has 0 aliphatic heterocycles. The van der Waals surface area contributed by atoms with E-state index in [-0.39, 0.29) is 30.3 Å². The zero-order chi connectivity index (χ0) is 25.9. The number of ether oxygens (including phenoxy) is 2. The molecule has 1 aromatic carbocycles. The summed E-state index contributed by atoms with van der Waals surface area (Å²) in [6.45, 7) is 3.52. The Morgan fingerprint density at radius 1 is 1.03 bits per heavy atom. The van der Waals surface area contributed by atoms with Crippen LogP contribution in [0.15, 0.2) is 30.6 Å². The van der Waals surface area contributed by atoms with Crippen molar-refractivity contribution in [3.8, 4) is 11.5 Å². The fourth-order valence-corrected chi connectivity index (χ4v) is 3.32. The van der Waals surface area contributed by atoms with E-state index in [1.807, 2.05) is 0 Å². The van der Waals surface area contributed by atoms with Crippen LogP contribution < -0.4 is 14.4 Å². The van der Waals surface area contributed by atoms with Gasteiger partial charge in [0.05, 0.1) is 29.8 Å². The molecule has 0 N–H and O–H groups in total. The molecule has 0 fully saturated rings. The SMILES string of the molecule is CCn1cc([N+](=O)[O-])c(C(=O)N(C(=O)c2c([N+](=O)[O-])cnn2CC)c2cc(OC)ccc2OC)n1. The number of anilines is 1. The number of aryl methyl sites for hydroxylation is 2. The molecule has 184 valence electrons. The van der Waals surface area contributed by atoms with Crippen LogP contribution in [-0.2, 0) is 13.1 Å². The highest BCUT2D eigenvalue weighted by molar-refractivity contribution is 6.27. The second kappa shape index (κ2) is 9.98. The van der Waals surface area contributed by atoms with Gasteiger partial charge in [-0.2, -0.15) is 10.2 Å². The van der Waals surface area contributed by atoms with Crippen molar-refractivity contribution in [2.75, 3.05) is 19.1 Å². The molecular weight excluding hydrogens is 466 g/mol. The van der Waals surface area contributed by atoms with Gasteiger partial charge >= 0.3 is 11.4 Å². The van der Waals surface area contributed by atoms with E-state index in [4.69, 9.17) is 9.47 Å². The number of methoxy groups -OCH3 is 2. The van der Waals surface area contributed by atoms with Crippen molar-refractivity contribution in [3.05, 3.63) is 62.2 Å². The number of aromatic nitrogens is 4. The van der Waals surface area contributed by atoms with E-state index in [0.29, 0.717) is 4.90 Å². The Morgan fingerprint density at radius 2 is 1.71 bits per heavy atom. The van der Waals surface area contributed by atoms with Gasteiger partial charge in [-0.1, -0.05) is 0 Å². The number of hydrogen-bond acceptors (Lipinski definition) is 10. The molecule has 3 rings (SSSR count). The zero-order valence-corrected chi connectivity index (χ0v) is 19.2. The Labute approximate surface area is 197 Å². The molecule has 0 aliphatic carbocycles. The summed E-state index contributed by atoms with van der Waals surface area (Å²) in [5.41, 5.74) is -2.60. The number of nitro groups is 2. The Hall–Kier alpha value is -4.82. The number of carbonyl (C=O) groups is 2. The van der Waals surface area contributed by atoms with E-state index in [1.165, 1.54) is 32.4 Å². The van der Waals surface area contributed by atoms with Crippen LogP contribution in [0.5, 0.6) is 11.5 Å². The van der Waals surface area contributed by atoms with E-state index in [1.54, 1.807) is 13.8 Å². The smallest absolute Gasteiger partial charge is 0.320 e. The van der Waals surface area contributed by atoms with Crippen LogP contribution in [0.2, 0.25) is 0 Å². The van der Waals surface area contributed by atoms with E-state index < -0.39 is 44.4 Å². The normalized spacial score (nSPS) is 10.6. The second-order valence-electron chi connectivity index (χ2n) is 6.91. The molecule has 0 saturated carbocycles. The Kier molecular flexibility index (Phi) is 7.08. The lowest BCUT2D eigenvalue weighted by Gasteiger charge is -2.22. The first-order chi connectivity index (χ1) is 16.7. The number of hydrogen-bond donors (Lipinski definition) is 0. The molecule has 15 nitrogen and oxygen atoms in total. The van der Waals surface area contributed by atoms with E-state index in [9.17, 15) is 29.8 Å². The maximum atomic E-state index is 13.8. The number of amides is 2. The maximum Gasteiger partial charge on any atom is 0.320 e. The molecule has 0 radical (unpaired) electrons. The number of rotatable bonds is 9. The summed E-state index contributed by atoms with van der Waals surface area (Å²) in [7, 11) is 2.63. The maximum absolute atomic E-state index is 13.8. The minimum Gasteiger partial charge on any atom is -0.497 e. The fraction of sp³-hybridized carbons (Fsp3) is 0.300.